The molecular weight excluding hydrogens is 456 g/mol. The van der Waals surface area contributed by atoms with Crippen molar-refractivity contribution in [2.45, 2.75) is 0 Å². The Bertz CT molecular complexity index is 1250. The minimum absolute atomic E-state index is 0.131. The lowest BCUT2D eigenvalue weighted by Gasteiger charge is -2.13. The largest absolute Gasteiger partial charge is 0.493 e. The number of hydrogen-bond donors (Lipinski definition) is 1. The number of ether oxygens (including phenoxy) is 6. The van der Waals surface area contributed by atoms with Crippen molar-refractivity contribution < 1.29 is 38.0 Å². The highest BCUT2D eigenvalue weighted by atomic mass is 16.7. The molecule has 0 saturated heterocycles. The number of methoxy groups -OCH3 is 3. The summed E-state index contributed by atoms with van der Waals surface area (Å²) in [5.41, 5.74) is 3.76. The van der Waals surface area contributed by atoms with E-state index in [-0.39, 0.29) is 12.4 Å². The number of nitrogens with zero attached hydrogens (tertiary/aromatic N) is 1. The molecule has 0 fully saturated rings. The van der Waals surface area contributed by atoms with Gasteiger partial charge in [0.25, 0.3) is 5.91 Å². The van der Waals surface area contributed by atoms with Crippen molar-refractivity contribution in [1.82, 2.24) is 5.43 Å². The first kappa shape index (κ1) is 23.4. The zero-order chi connectivity index (χ0) is 24.8. The van der Waals surface area contributed by atoms with Gasteiger partial charge in [0.05, 0.1) is 33.1 Å². The van der Waals surface area contributed by atoms with Crippen molar-refractivity contribution in [1.29, 1.82) is 0 Å². The number of fused-ring (bicyclic) bond motifs is 1. The summed E-state index contributed by atoms with van der Waals surface area (Å²) in [5, 5.41) is 3.96. The van der Waals surface area contributed by atoms with E-state index in [2.05, 4.69) is 10.5 Å². The van der Waals surface area contributed by atoms with Gasteiger partial charge in [0, 0.05) is 5.56 Å². The first-order chi connectivity index (χ1) is 17.0. The number of hydrazone groups is 1. The van der Waals surface area contributed by atoms with E-state index in [1.165, 1.54) is 39.7 Å². The smallest absolute Gasteiger partial charge is 0.343 e. The monoisotopic (exact) mass is 478 g/mol. The topological polar surface area (TPSA) is 114 Å². The van der Waals surface area contributed by atoms with Crippen LogP contribution in [-0.2, 0) is 0 Å². The van der Waals surface area contributed by atoms with E-state index in [4.69, 9.17) is 28.4 Å². The van der Waals surface area contributed by atoms with Crippen LogP contribution < -0.4 is 33.8 Å². The first-order valence-corrected chi connectivity index (χ1v) is 10.4. The second-order valence-corrected chi connectivity index (χ2v) is 7.14. The number of hydrogen-bond acceptors (Lipinski definition) is 9. The summed E-state index contributed by atoms with van der Waals surface area (Å²) >= 11 is 0. The number of nitrogens with one attached hydrogen (secondary N) is 1. The molecule has 3 aromatic rings. The molecule has 10 nitrogen and oxygen atoms in total. The van der Waals surface area contributed by atoms with Gasteiger partial charge in [0.15, 0.2) is 23.0 Å². The highest BCUT2D eigenvalue weighted by Gasteiger charge is 2.19. The summed E-state index contributed by atoms with van der Waals surface area (Å²) in [6, 6.07) is 14.5. The molecule has 0 atom stereocenters. The Balaban J connectivity index is 1.37. The molecule has 0 aliphatic carbocycles. The van der Waals surface area contributed by atoms with Gasteiger partial charge in [-0.1, -0.05) is 0 Å². The molecule has 1 amide bonds. The number of rotatable bonds is 8. The maximum absolute atomic E-state index is 12.6. The third-order valence-electron chi connectivity index (χ3n) is 5.01. The molecule has 1 aliphatic heterocycles. The normalized spacial score (nSPS) is 11.7. The Morgan fingerprint density at radius 3 is 2.20 bits per heavy atom. The highest BCUT2D eigenvalue weighted by molar-refractivity contribution is 5.95. The van der Waals surface area contributed by atoms with Gasteiger partial charge >= 0.3 is 5.97 Å². The molecule has 4 rings (SSSR count). The minimum atomic E-state index is -0.596. The Hall–Kier alpha value is -4.73. The van der Waals surface area contributed by atoms with E-state index in [0.717, 1.165) is 0 Å². The van der Waals surface area contributed by atoms with Crippen molar-refractivity contribution >= 4 is 18.1 Å². The van der Waals surface area contributed by atoms with Gasteiger partial charge in [0.1, 0.15) is 5.75 Å². The molecule has 0 unspecified atom stereocenters. The molecule has 0 radical (unpaired) electrons. The Labute approximate surface area is 201 Å². The van der Waals surface area contributed by atoms with E-state index in [1.54, 1.807) is 42.5 Å². The lowest BCUT2D eigenvalue weighted by atomic mass is 10.2. The van der Waals surface area contributed by atoms with Gasteiger partial charge in [-0.3, -0.25) is 4.79 Å². The van der Waals surface area contributed by atoms with Crippen molar-refractivity contribution in [2.75, 3.05) is 28.1 Å². The van der Waals surface area contributed by atoms with Crippen molar-refractivity contribution in [2.24, 2.45) is 5.10 Å². The molecule has 0 aromatic heterocycles. The molecule has 0 spiro atoms. The third kappa shape index (κ3) is 5.27. The number of amides is 1. The molecular formula is C25H22N2O8. The van der Waals surface area contributed by atoms with E-state index >= 15 is 0 Å². The number of carbonyl (C=O) groups excluding carboxylic acids is 2. The van der Waals surface area contributed by atoms with Crippen LogP contribution in [0, 0.1) is 0 Å². The maximum Gasteiger partial charge on any atom is 0.343 e. The standard InChI is InChI=1S/C25H22N2O8/c1-30-21-11-17(12-22(31-2)23(21)32-3)25(29)35-18-7-4-15(5-8-18)13-26-27-24(28)16-6-9-19-20(10-16)34-14-33-19/h4-13H,14H2,1-3H3,(H,27,28). The van der Waals surface area contributed by atoms with Gasteiger partial charge in [-0.25, -0.2) is 10.2 Å². The van der Waals surface area contributed by atoms with E-state index in [9.17, 15) is 9.59 Å². The van der Waals surface area contributed by atoms with Gasteiger partial charge in [-0.2, -0.15) is 5.10 Å². The lowest BCUT2D eigenvalue weighted by molar-refractivity contribution is 0.0733. The average Bonchev–Trinajstić information content (AvgIpc) is 3.36. The predicted octanol–water partition coefficient (Wildman–Crippen LogP) is 3.42. The van der Waals surface area contributed by atoms with Crippen LogP contribution in [0.4, 0.5) is 0 Å². The quantitative estimate of drug-likeness (QED) is 0.227. The van der Waals surface area contributed by atoms with Gasteiger partial charge in [-0.05, 0) is 60.2 Å². The van der Waals surface area contributed by atoms with Crippen molar-refractivity contribution in [3.05, 3.63) is 71.3 Å². The van der Waals surface area contributed by atoms with Crippen LogP contribution in [0.3, 0.4) is 0 Å². The third-order valence-corrected chi connectivity index (χ3v) is 5.01. The molecule has 0 bridgehead atoms. The van der Waals surface area contributed by atoms with Crippen LogP contribution in [0.2, 0.25) is 0 Å². The molecule has 1 N–H and O–H groups in total. The summed E-state index contributed by atoms with van der Waals surface area (Å²) < 4.78 is 31.7. The number of carbonyl (C=O) groups is 2. The average molecular weight is 478 g/mol. The summed E-state index contributed by atoms with van der Waals surface area (Å²) in [7, 11) is 4.40. The zero-order valence-corrected chi connectivity index (χ0v) is 19.2. The summed E-state index contributed by atoms with van der Waals surface area (Å²) in [6.45, 7) is 0.131. The second kappa shape index (κ2) is 10.5. The van der Waals surface area contributed by atoms with Gasteiger partial charge < -0.3 is 28.4 Å². The first-order valence-electron chi connectivity index (χ1n) is 10.4. The van der Waals surface area contributed by atoms with E-state index in [1.807, 2.05) is 0 Å². The van der Waals surface area contributed by atoms with Gasteiger partial charge in [0.2, 0.25) is 12.5 Å². The van der Waals surface area contributed by atoms with Crippen LogP contribution in [-0.4, -0.2) is 46.2 Å². The van der Waals surface area contributed by atoms with Crippen LogP contribution in [0.5, 0.6) is 34.5 Å². The van der Waals surface area contributed by atoms with Crippen LogP contribution in [0.1, 0.15) is 26.3 Å². The highest BCUT2D eigenvalue weighted by Crippen LogP contribution is 2.38. The van der Waals surface area contributed by atoms with E-state index < -0.39 is 11.9 Å². The fraction of sp³-hybridized carbons (Fsp3) is 0.160. The van der Waals surface area contributed by atoms with Gasteiger partial charge in [-0.15, -0.1) is 0 Å². The lowest BCUT2D eigenvalue weighted by Crippen LogP contribution is -2.17. The summed E-state index contributed by atoms with van der Waals surface area (Å²) in [5.74, 6) is 1.50. The molecule has 1 aliphatic rings. The minimum Gasteiger partial charge on any atom is -0.493 e. The van der Waals surface area contributed by atoms with Crippen molar-refractivity contribution in [3.8, 4) is 34.5 Å². The Morgan fingerprint density at radius 2 is 1.54 bits per heavy atom. The van der Waals surface area contributed by atoms with Crippen molar-refractivity contribution in [3.63, 3.8) is 0 Å². The molecule has 180 valence electrons. The number of benzene rings is 3. The number of esters is 1. The Morgan fingerprint density at radius 1 is 0.857 bits per heavy atom. The second-order valence-electron chi connectivity index (χ2n) is 7.14. The molecule has 10 heteroatoms. The molecule has 35 heavy (non-hydrogen) atoms. The molecule has 3 aromatic carbocycles. The summed E-state index contributed by atoms with van der Waals surface area (Å²) in [4.78, 5) is 24.9. The Kier molecular flexibility index (Phi) is 7.01. The van der Waals surface area contributed by atoms with Crippen LogP contribution in [0.15, 0.2) is 59.7 Å². The van der Waals surface area contributed by atoms with E-state index in [0.29, 0.717) is 45.6 Å². The zero-order valence-electron chi connectivity index (χ0n) is 19.2. The SMILES string of the molecule is COc1cc(C(=O)Oc2ccc(C=NNC(=O)c3ccc4c(c3)OCO4)cc2)cc(OC)c1OC. The molecule has 0 saturated carbocycles. The molecule has 1 heterocycles. The predicted molar refractivity (Wildman–Crippen MR) is 125 cm³/mol. The maximum atomic E-state index is 12.6. The fourth-order valence-corrected chi connectivity index (χ4v) is 3.25. The van der Waals surface area contributed by atoms with Crippen LogP contribution >= 0.6 is 0 Å². The van der Waals surface area contributed by atoms with Crippen LogP contribution in [0.25, 0.3) is 0 Å². The fourth-order valence-electron chi connectivity index (χ4n) is 3.25. The summed E-state index contributed by atoms with van der Waals surface area (Å²) in [6.07, 6.45) is 1.47.